The van der Waals surface area contributed by atoms with Gasteiger partial charge in [-0.05, 0) is 25.7 Å². The monoisotopic (exact) mass is 287 g/mol. The molecule has 1 aliphatic carbocycles. The number of hydrogen-bond donors (Lipinski definition) is 1. The summed E-state index contributed by atoms with van der Waals surface area (Å²) in [6.45, 7) is 1.41. The second-order valence-corrected chi connectivity index (χ2v) is 5.32. The van der Waals surface area contributed by atoms with E-state index in [-0.39, 0.29) is 0 Å². The maximum absolute atomic E-state index is 5.06. The third kappa shape index (κ3) is 3.39. The van der Waals surface area contributed by atoms with Crippen LogP contribution in [0.25, 0.3) is 0 Å². The van der Waals surface area contributed by atoms with Gasteiger partial charge in [-0.2, -0.15) is 5.10 Å². The highest BCUT2D eigenvalue weighted by Crippen LogP contribution is 2.25. The van der Waals surface area contributed by atoms with Gasteiger partial charge in [0.1, 0.15) is 12.1 Å². The highest BCUT2D eigenvalue weighted by molar-refractivity contribution is 5.58. The van der Waals surface area contributed by atoms with Gasteiger partial charge in [-0.1, -0.05) is 6.42 Å². The van der Waals surface area contributed by atoms with E-state index in [9.17, 15) is 0 Å². The SMILES string of the molecule is COCCn1cc(Nc2ncnc3c2CCCCC3)cn1. The van der Waals surface area contributed by atoms with Gasteiger partial charge in [-0.3, -0.25) is 4.68 Å². The maximum Gasteiger partial charge on any atom is 0.137 e. The molecule has 2 heterocycles. The molecule has 1 N–H and O–H groups in total. The molecule has 0 aliphatic heterocycles. The van der Waals surface area contributed by atoms with Crippen molar-refractivity contribution in [3.63, 3.8) is 0 Å². The van der Waals surface area contributed by atoms with Crippen molar-refractivity contribution in [1.29, 1.82) is 0 Å². The summed E-state index contributed by atoms with van der Waals surface area (Å²) in [7, 11) is 1.69. The first-order chi connectivity index (χ1) is 10.4. The fourth-order valence-corrected chi connectivity index (χ4v) is 2.68. The molecule has 0 radical (unpaired) electrons. The molecule has 0 saturated carbocycles. The summed E-state index contributed by atoms with van der Waals surface area (Å²) in [6, 6.07) is 0. The summed E-state index contributed by atoms with van der Waals surface area (Å²) in [5, 5.41) is 7.69. The number of nitrogens with one attached hydrogen (secondary N) is 1. The van der Waals surface area contributed by atoms with E-state index >= 15 is 0 Å². The van der Waals surface area contributed by atoms with E-state index in [0.29, 0.717) is 6.61 Å². The smallest absolute Gasteiger partial charge is 0.137 e. The Morgan fingerprint density at radius 1 is 1.24 bits per heavy atom. The zero-order valence-corrected chi connectivity index (χ0v) is 12.4. The first-order valence-corrected chi connectivity index (χ1v) is 7.48. The van der Waals surface area contributed by atoms with E-state index in [1.54, 1.807) is 13.4 Å². The van der Waals surface area contributed by atoms with Crippen LogP contribution >= 0.6 is 0 Å². The molecule has 0 atom stereocenters. The predicted molar refractivity (Wildman–Crippen MR) is 80.7 cm³/mol. The van der Waals surface area contributed by atoms with Crippen molar-refractivity contribution >= 4 is 11.5 Å². The average molecular weight is 287 g/mol. The molecule has 112 valence electrons. The summed E-state index contributed by atoms with van der Waals surface area (Å²) < 4.78 is 6.93. The Bertz CT molecular complexity index is 595. The average Bonchev–Trinajstić information content (AvgIpc) is 2.79. The summed E-state index contributed by atoms with van der Waals surface area (Å²) in [6.07, 6.45) is 11.3. The standard InChI is InChI=1S/C15H21N5O/c1-21-8-7-20-10-12(9-18-20)19-15-13-5-3-2-4-6-14(13)16-11-17-15/h9-11H,2-8H2,1H3,(H,16,17,19). The Balaban J connectivity index is 1.77. The number of aryl methyl sites for hydroxylation is 1. The van der Waals surface area contributed by atoms with Crippen LogP contribution in [0.1, 0.15) is 30.5 Å². The number of fused-ring (bicyclic) bond motifs is 1. The lowest BCUT2D eigenvalue weighted by atomic mass is 10.1. The van der Waals surface area contributed by atoms with Crippen molar-refractivity contribution in [2.75, 3.05) is 19.0 Å². The van der Waals surface area contributed by atoms with Crippen molar-refractivity contribution in [3.8, 4) is 0 Å². The number of hydrogen-bond acceptors (Lipinski definition) is 5. The highest BCUT2D eigenvalue weighted by Gasteiger charge is 2.14. The lowest BCUT2D eigenvalue weighted by Crippen LogP contribution is -2.05. The van der Waals surface area contributed by atoms with Crippen LogP contribution < -0.4 is 5.32 Å². The van der Waals surface area contributed by atoms with Crippen molar-refractivity contribution in [3.05, 3.63) is 30.0 Å². The van der Waals surface area contributed by atoms with E-state index in [2.05, 4.69) is 20.4 Å². The highest BCUT2D eigenvalue weighted by atomic mass is 16.5. The van der Waals surface area contributed by atoms with Gasteiger partial charge >= 0.3 is 0 Å². The minimum absolute atomic E-state index is 0.657. The van der Waals surface area contributed by atoms with Gasteiger partial charge in [0.2, 0.25) is 0 Å². The Kier molecular flexibility index (Phi) is 4.45. The molecule has 0 unspecified atom stereocenters. The molecule has 1 aliphatic rings. The Morgan fingerprint density at radius 2 is 2.14 bits per heavy atom. The molecule has 0 fully saturated rings. The number of methoxy groups -OCH3 is 1. The second kappa shape index (κ2) is 6.67. The van der Waals surface area contributed by atoms with Gasteiger partial charge in [0.05, 0.1) is 25.0 Å². The van der Waals surface area contributed by atoms with E-state index in [4.69, 9.17) is 4.74 Å². The van der Waals surface area contributed by atoms with Crippen molar-refractivity contribution in [1.82, 2.24) is 19.7 Å². The second-order valence-electron chi connectivity index (χ2n) is 5.32. The summed E-state index contributed by atoms with van der Waals surface area (Å²) in [5.41, 5.74) is 3.41. The number of anilines is 2. The number of ether oxygens (including phenoxy) is 1. The van der Waals surface area contributed by atoms with Crippen LogP contribution in [-0.2, 0) is 24.1 Å². The predicted octanol–water partition coefficient (Wildman–Crippen LogP) is 2.33. The minimum Gasteiger partial charge on any atom is -0.383 e. The number of aromatic nitrogens is 4. The fraction of sp³-hybridized carbons (Fsp3) is 0.533. The van der Waals surface area contributed by atoms with E-state index in [1.807, 2.05) is 17.1 Å². The summed E-state index contributed by atoms with van der Waals surface area (Å²) >= 11 is 0. The Labute approximate surface area is 124 Å². The zero-order valence-electron chi connectivity index (χ0n) is 12.4. The van der Waals surface area contributed by atoms with Crippen LogP contribution in [0.2, 0.25) is 0 Å². The maximum atomic E-state index is 5.06. The quantitative estimate of drug-likeness (QED) is 0.855. The molecule has 0 spiro atoms. The topological polar surface area (TPSA) is 64.9 Å². The van der Waals surface area contributed by atoms with Gasteiger partial charge in [0.25, 0.3) is 0 Å². The van der Waals surface area contributed by atoms with Crippen LogP contribution in [0.4, 0.5) is 11.5 Å². The lowest BCUT2D eigenvalue weighted by molar-refractivity contribution is 0.183. The molecule has 0 saturated heterocycles. The van der Waals surface area contributed by atoms with Crippen LogP contribution in [0.5, 0.6) is 0 Å². The van der Waals surface area contributed by atoms with Crippen LogP contribution in [0, 0.1) is 0 Å². The van der Waals surface area contributed by atoms with Gasteiger partial charge < -0.3 is 10.1 Å². The molecule has 21 heavy (non-hydrogen) atoms. The molecule has 0 bridgehead atoms. The third-order valence-electron chi connectivity index (χ3n) is 3.80. The van der Waals surface area contributed by atoms with Gasteiger partial charge in [-0.15, -0.1) is 0 Å². The van der Waals surface area contributed by atoms with Gasteiger partial charge in [0.15, 0.2) is 0 Å². The molecule has 2 aromatic rings. The molecule has 3 rings (SSSR count). The summed E-state index contributed by atoms with van der Waals surface area (Å²) in [4.78, 5) is 8.86. The molecule has 6 heteroatoms. The fourth-order valence-electron chi connectivity index (χ4n) is 2.68. The first kappa shape index (κ1) is 14.0. The molecule has 2 aromatic heterocycles. The van der Waals surface area contributed by atoms with Crippen molar-refractivity contribution in [2.45, 2.75) is 38.6 Å². The summed E-state index contributed by atoms with van der Waals surface area (Å²) in [5.74, 6) is 0.924. The van der Waals surface area contributed by atoms with Crippen molar-refractivity contribution < 1.29 is 4.74 Å². The third-order valence-corrected chi connectivity index (χ3v) is 3.80. The Morgan fingerprint density at radius 3 is 3.05 bits per heavy atom. The number of nitrogens with zero attached hydrogens (tertiary/aromatic N) is 4. The molecular formula is C15H21N5O. The normalized spacial score (nSPS) is 14.5. The zero-order chi connectivity index (χ0) is 14.5. The van der Waals surface area contributed by atoms with Crippen LogP contribution in [-0.4, -0.2) is 33.5 Å². The molecule has 6 nitrogen and oxygen atoms in total. The number of rotatable bonds is 5. The van der Waals surface area contributed by atoms with Crippen LogP contribution in [0.3, 0.4) is 0 Å². The van der Waals surface area contributed by atoms with E-state index in [1.165, 1.54) is 30.5 Å². The molecule has 0 aromatic carbocycles. The van der Waals surface area contributed by atoms with E-state index in [0.717, 1.165) is 30.9 Å². The minimum atomic E-state index is 0.657. The Hall–Kier alpha value is -1.95. The van der Waals surface area contributed by atoms with Crippen molar-refractivity contribution in [2.24, 2.45) is 0 Å². The van der Waals surface area contributed by atoms with Crippen LogP contribution in [0.15, 0.2) is 18.7 Å². The lowest BCUT2D eigenvalue weighted by Gasteiger charge is -2.10. The van der Waals surface area contributed by atoms with E-state index < -0.39 is 0 Å². The molecular weight excluding hydrogens is 266 g/mol. The van der Waals surface area contributed by atoms with Gasteiger partial charge in [0, 0.05) is 24.6 Å². The largest absolute Gasteiger partial charge is 0.383 e. The van der Waals surface area contributed by atoms with Gasteiger partial charge in [-0.25, -0.2) is 9.97 Å². The molecule has 0 amide bonds. The first-order valence-electron chi connectivity index (χ1n) is 7.48.